The minimum absolute atomic E-state index is 0.0339. The van der Waals surface area contributed by atoms with E-state index in [0.717, 1.165) is 0 Å². The van der Waals surface area contributed by atoms with Gasteiger partial charge in [-0.15, -0.1) is 0 Å². The average molecular weight is 496 g/mol. The fraction of sp³-hybridized carbons (Fsp3) is 0.333. The largest absolute Gasteiger partial charge is 0.352 e. The van der Waals surface area contributed by atoms with Gasteiger partial charge in [0.15, 0.2) is 17.3 Å². The molecule has 0 spiro atoms. The number of carbonyl (C=O) groups excluding carboxylic acids is 6. The summed E-state index contributed by atoms with van der Waals surface area (Å²) in [6.45, 7) is 15.6. The van der Waals surface area contributed by atoms with E-state index in [9.17, 15) is 28.8 Å². The molecule has 0 saturated carbocycles. The Labute approximate surface area is 211 Å². The van der Waals surface area contributed by atoms with Crippen LogP contribution >= 0.6 is 0 Å². The van der Waals surface area contributed by atoms with Crippen LogP contribution in [0.15, 0.2) is 54.7 Å². The van der Waals surface area contributed by atoms with Crippen molar-refractivity contribution >= 4 is 35.1 Å². The molecular formula is C27H33N3O6. The van der Waals surface area contributed by atoms with Gasteiger partial charge in [0.2, 0.25) is 0 Å². The smallest absolute Gasteiger partial charge is 0.251 e. The zero-order valence-electron chi connectivity index (χ0n) is 21.0. The molecule has 1 aromatic rings. The van der Waals surface area contributed by atoms with Crippen molar-refractivity contribution in [2.24, 2.45) is 0 Å². The van der Waals surface area contributed by atoms with Gasteiger partial charge in [-0.1, -0.05) is 19.7 Å². The third-order valence-electron chi connectivity index (χ3n) is 5.06. The molecule has 3 amide bonds. The number of hydrogen-bond acceptors (Lipinski definition) is 6. The summed E-state index contributed by atoms with van der Waals surface area (Å²) in [4.78, 5) is 73.2. The standard InChI is InChI=1S/C27H33N3O6/c1-16(2)22(31)7-10-28-25(34)19-13-20(26(35)29-11-8-23(32)17(3)4)15-21(14-19)27(36)30-12-9-24(33)18(5)6/h13-15H,1,3,5,7-12H2,2,4,6H3,(H,28,34)(H,29,35)(H,30,36). The van der Waals surface area contributed by atoms with Crippen LogP contribution in [0.2, 0.25) is 0 Å². The van der Waals surface area contributed by atoms with Gasteiger partial charge >= 0.3 is 0 Å². The van der Waals surface area contributed by atoms with Crippen LogP contribution in [0.4, 0.5) is 0 Å². The fourth-order valence-corrected chi connectivity index (χ4v) is 2.84. The molecule has 0 saturated heterocycles. The second-order valence-corrected chi connectivity index (χ2v) is 8.43. The maximum absolute atomic E-state index is 12.7. The van der Waals surface area contributed by atoms with Crippen molar-refractivity contribution in [2.75, 3.05) is 19.6 Å². The first-order valence-electron chi connectivity index (χ1n) is 11.4. The molecule has 0 aromatic heterocycles. The van der Waals surface area contributed by atoms with Gasteiger partial charge in [0, 0.05) is 55.6 Å². The van der Waals surface area contributed by atoms with Crippen LogP contribution in [0.1, 0.15) is 71.1 Å². The summed E-state index contributed by atoms with van der Waals surface area (Å²) in [5.41, 5.74) is 1.22. The van der Waals surface area contributed by atoms with Gasteiger partial charge in [0.1, 0.15) is 0 Å². The summed E-state index contributed by atoms with van der Waals surface area (Å²) in [7, 11) is 0. The van der Waals surface area contributed by atoms with Crippen LogP contribution < -0.4 is 16.0 Å². The second-order valence-electron chi connectivity index (χ2n) is 8.43. The highest BCUT2D eigenvalue weighted by Gasteiger charge is 2.17. The number of amides is 3. The van der Waals surface area contributed by atoms with Gasteiger partial charge in [-0.3, -0.25) is 28.8 Å². The number of Topliss-reactive ketones (excluding diaryl/α,β-unsaturated/α-hetero) is 3. The molecule has 192 valence electrons. The van der Waals surface area contributed by atoms with Crippen molar-refractivity contribution in [1.82, 2.24) is 16.0 Å². The summed E-state index contributed by atoms with van der Waals surface area (Å²) < 4.78 is 0. The van der Waals surface area contributed by atoms with Crippen LogP contribution in [0.5, 0.6) is 0 Å². The first-order chi connectivity index (χ1) is 16.8. The number of carbonyl (C=O) groups is 6. The van der Waals surface area contributed by atoms with Crippen molar-refractivity contribution in [2.45, 2.75) is 40.0 Å². The Bertz CT molecular complexity index is 966. The zero-order chi connectivity index (χ0) is 27.4. The fourth-order valence-electron chi connectivity index (χ4n) is 2.84. The van der Waals surface area contributed by atoms with Gasteiger partial charge in [-0.25, -0.2) is 0 Å². The Hall–Kier alpha value is -4.14. The highest BCUT2D eigenvalue weighted by Crippen LogP contribution is 2.12. The molecule has 0 atom stereocenters. The molecule has 0 aliphatic carbocycles. The van der Waals surface area contributed by atoms with Gasteiger partial charge in [0.25, 0.3) is 17.7 Å². The molecule has 0 aliphatic rings. The predicted molar refractivity (Wildman–Crippen MR) is 137 cm³/mol. The van der Waals surface area contributed by atoms with E-state index < -0.39 is 17.7 Å². The number of benzene rings is 1. The Morgan fingerprint density at radius 3 is 0.944 bits per heavy atom. The minimum atomic E-state index is -0.580. The Morgan fingerprint density at radius 1 is 0.528 bits per heavy atom. The highest BCUT2D eigenvalue weighted by atomic mass is 16.2. The maximum atomic E-state index is 12.7. The minimum Gasteiger partial charge on any atom is -0.352 e. The van der Waals surface area contributed by atoms with Gasteiger partial charge < -0.3 is 16.0 Å². The predicted octanol–water partition coefficient (Wildman–Crippen LogP) is 2.48. The van der Waals surface area contributed by atoms with E-state index >= 15 is 0 Å². The molecule has 0 fully saturated rings. The monoisotopic (exact) mass is 495 g/mol. The van der Waals surface area contributed by atoms with E-state index in [1.165, 1.54) is 18.2 Å². The van der Waals surface area contributed by atoms with E-state index in [2.05, 4.69) is 35.7 Å². The number of ketones is 3. The molecular weight excluding hydrogens is 462 g/mol. The molecule has 0 aliphatic heterocycles. The Kier molecular flexibility index (Phi) is 11.9. The van der Waals surface area contributed by atoms with Crippen molar-refractivity contribution in [3.63, 3.8) is 0 Å². The van der Waals surface area contributed by atoms with E-state index in [1.54, 1.807) is 20.8 Å². The van der Waals surface area contributed by atoms with E-state index in [1.807, 2.05) is 0 Å². The maximum Gasteiger partial charge on any atom is 0.251 e. The normalized spacial score (nSPS) is 10.1. The van der Waals surface area contributed by atoms with E-state index in [0.29, 0.717) is 16.7 Å². The third kappa shape index (κ3) is 10.0. The molecule has 9 heteroatoms. The molecule has 1 aromatic carbocycles. The second kappa shape index (κ2) is 14.3. The van der Waals surface area contributed by atoms with Crippen molar-refractivity contribution in [3.05, 3.63) is 71.3 Å². The van der Waals surface area contributed by atoms with Crippen LogP contribution in [0.3, 0.4) is 0 Å². The highest BCUT2D eigenvalue weighted by molar-refractivity contribution is 6.05. The van der Waals surface area contributed by atoms with E-state index in [-0.39, 0.29) is 72.9 Å². The van der Waals surface area contributed by atoms with Crippen molar-refractivity contribution < 1.29 is 28.8 Å². The summed E-state index contributed by atoms with van der Waals surface area (Å²) in [5, 5.41) is 7.76. The first-order valence-corrected chi connectivity index (χ1v) is 11.4. The topological polar surface area (TPSA) is 139 Å². The van der Waals surface area contributed by atoms with Crippen molar-refractivity contribution in [3.8, 4) is 0 Å². The zero-order valence-corrected chi connectivity index (χ0v) is 21.0. The Morgan fingerprint density at radius 2 is 0.750 bits per heavy atom. The van der Waals surface area contributed by atoms with E-state index in [4.69, 9.17) is 0 Å². The average Bonchev–Trinajstić information content (AvgIpc) is 2.82. The molecule has 9 nitrogen and oxygen atoms in total. The van der Waals surface area contributed by atoms with Crippen LogP contribution in [-0.4, -0.2) is 54.7 Å². The molecule has 36 heavy (non-hydrogen) atoms. The molecule has 0 bridgehead atoms. The third-order valence-corrected chi connectivity index (χ3v) is 5.06. The molecule has 3 N–H and O–H groups in total. The number of allylic oxidation sites excluding steroid dienone is 3. The lowest BCUT2D eigenvalue weighted by atomic mass is 10.0. The summed E-state index contributed by atoms with van der Waals surface area (Å²) in [5.74, 6) is -2.33. The lowest BCUT2D eigenvalue weighted by Gasteiger charge is -2.11. The number of nitrogens with one attached hydrogen (secondary N) is 3. The van der Waals surface area contributed by atoms with Crippen LogP contribution in [0, 0.1) is 0 Å². The molecule has 0 unspecified atom stereocenters. The van der Waals surface area contributed by atoms with Gasteiger partial charge in [-0.05, 0) is 55.7 Å². The van der Waals surface area contributed by atoms with Gasteiger partial charge in [0.05, 0.1) is 0 Å². The van der Waals surface area contributed by atoms with Crippen molar-refractivity contribution in [1.29, 1.82) is 0 Å². The van der Waals surface area contributed by atoms with Gasteiger partial charge in [-0.2, -0.15) is 0 Å². The lowest BCUT2D eigenvalue weighted by molar-refractivity contribution is -0.116. The first kappa shape index (κ1) is 29.9. The Balaban J connectivity index is 3.05. The number of hydrogen-bond donors (Lipinski definition) is 3. The van der Waals surface area contributed by atoms with Crippen LogP contribution in [0.25, 0.3) is 0 Å². The summed E-state index contributed by atoms with van der Waals surface area (Å²) >= 11 is 0. The number of rotatable bonds is 15. The van der Waals surface area contributed by atoms with Crippen LogP contribution in [-0.2, 0) is 14.4 Å². The summed E-state index contributed by atoms with van der Waals surface area (Å²) in [6.07, 6.45) is 0.173. The molecule has 0 heterocycles. The quantitative estimate of drug-likeness (QED) is 0.320. The molecule has 1 rings (SSSR count). The SMILES string of the molecule is C=C(C)C(=O)CCNC(=O)c1cc(C(=O)NCCC(=O)C(=C)C)cc(C(=O)NCCC(=O)C(=C)C)c1. The summed E-state index contributed by atoms with van der Waals surface area (Å²) in [6, 6.07) is 3.94. The lowest BCUT2D eigenvalue weighted by Crippen LogP contribution is -2.30. The molecule has 0 radical (unpaired) electrons.